The molecule has 1 fully saturated rings. The Kier molecular flexibility index (Phi) is 8.08. The lowest BCUT2D eigenvalue weighted by Crippen LogP contribution is -2.53. The first kappa shape index (κ1) is 23.2. The maximum absolute atomic E-state index is 13.6. The number of ether oxygens (including phenoxy) is 1. The van der Waals surface area contributed by atoms with Crippen LogP contribution >= 0.6 is 0 Å². The maximum atomic E-state index is 13.6. The van der Waals surface area contributed by atoms with Crippen molar-refractivity contribution in [1.29, 1.82) is 0 Å². The van der Waals surface area contributed by atoms with Gasteiger partial charge >= 0.3 is 6.09 Å². The summed E-state index contributed by atoms with van der Waals surface area (Å²) < 4.78 is 5.60. The van der Waals surface area contributed by atoms with E-state index in [1.54, 1.807) is 9.80 Å². The predicted molar refractivity (Wildman–Crippen MR) is 114 cm³/mol. The molecule has 162 valence electrons. The summed E-state index contributed by atoms with van der Waals surface area (Å²) in [4.78, 5) is 29.8. The molecule has 1 N–H and O–H groups in total. The lowest BCUT2D eigenvalue weighted by atomic mass is 10.00. The summed E-state index contributed by atoms with van der Waals surface area (Å²) in [5.41, 5.74) is 0.361. The predicted octanol–water partition coefficient (Wildman–Crippen LogP) is 3.47. The lowest BCUT2D eigenvalue weighted by Gasteiger charge is -2.35. The van der Waals surface area contributed by atoms with Gasteiger partial charge in [0.1, 0.15) is 11.6 Å². The fraction of sp³-hybridized carbons (Fsp3) is 0.652. The average molecular weight is 405 g/mol. The Bertz CT molecular complexity index is 669. The molecule has 6 nitrogen and oxygen atoms in total. The van der Waals surface area contributed by atoms with E-state index in [-0.39, 0.29) is 18.6 Å². The molecule has 0 saturated carbocycles. The van der Waals surface area contributed by atoms with Crippen LogP contribution in [0.15, 0.2) is 30.3 Å². The van der Waals surface area contributed by atoms with E-state index >= 15 is 0 Å². The Balaban J connectivity index is 2.34. The number of amides is 2. The summed E-state index contributed by atoms with van der Waals surface area (Å²) >= 11 is 0. The largest absolute Gasteiger partial charge is 0.444 e. The number of carbonyl (C=O) groups excluding carboxylic acids is 2. The van der Waals surface area contributed by atoms with E-state index in [9.17, 15) is 14.7 Å². The third-order valence-corrected chi connectivity index (χ3v) is 5.04. The molecule has 1 aliphatic rings. The number of benzene rings is 1. The molecule has 6 heteroatoms. The Labute approximate surface area is 174 Å². The molecular weight excluding hydrogens is 368 g/mol. The van der Waals surface area contributed by atoms with Gasteiger partial charge in [-0.05, 0) is 45.1 Å². The van der Waals surface area contributed by atoms with E-state index in [2.05, 4.69) is 13.8 Å². The first-order valence-corrected chi connectivity index (χ1v) is 10.6. The minimum absolute atomic E-state index is 0.0750. The highest BCUT2D eigenvalue weighted by Gasteiger charge is 2.39. The van der Waals surface area contributed by atoms with Gasteiger partial charge in [-0.25, -0.2) is 4.79 Å². The van der Waals surface area contributed by atoms with Gasteiger partial charge < -0.3 is 14.7 Å². The smallest absolute Gasteiger partial charge is 0.410 e. The van der Waals surface area contributed by atoms with Crippen LogP contribution < -0.4 is 0 Å². The van der Waals surface area contributed by atoms with Crippen LogP contribution in [0.25, 0.3) is 0 Å². The van der Waals surface area contributed by atoms with Gasteiger partial charge in [-0.15, -0.1) is 0 Å². The lowest BCUT2D eigenvalue weighted by molar-refractivity contribution is -0.138. The zero-order chi connectivity index (χ0) is 21.6. The zero-order valence-corrected chi connectivity index (χ0v) is 18.4. The highest BCUT2D eigenvalue weighted by Crippen LogP contribution is 2.23. The monoisotopic (exact) mass is 404 g/mol. The molecule has 2 amide bonds. The molecule has 1 aliphatic heterocycles. The van der Waals surface area contributed by atoms with Crippen molar-refractivity contribution in [2.45, 2.75) is 71.6 Å². The summed E-state index contributed by atoms with van der Waals surface area (Å²) in [5, 5.41) is 9.94. The second kappa shape index (κ2) is 10.1. The number of aliphatic hydroxyl groups excluding tert-OH is 1. The fourth-order valence-electron chi connectivity index (χ4n) is 3.78. The van der Waals surface area contributed by atoms with Gasteiger partial charge in [0.25, 0.3) is 0 Å². The molecule has 0 bridgehead atoms. The van der Waals surface area contributed by atoms with Crippen molar-refractivity contribution in [1.82, 2.24) is 9.80 Å². The van der Waals surface area contributed by atoms with Crippen LogP contribution in [0.5, 0.6) is 0 Å². The summed E-state index contributed by atoms with van der Waals surface area (Å²) in [6.07, 6.45) is 1.35. The van der Waals surface area contributed by atoms with Crippen LogP contribution in [0.4, 0.5) is 4.79 Å². The van der Waals surface area contributed by atoms with Crippen molar-refractivity contribution in [3.8, 4) is 0 Å². The molecule has 0 radical (unpaired) electrons. The third kappa shape index (κ3) is 6.74. The van der Waals surface area contributed by atoms with Crippen LogP contribution in [0, 0.1) is 5.92 Å². The Morgan fingerprint density at radius 1 is 1.21 bits per heavy atom. The molecule has 0 unspecified atom stereocenters. The molecule has 1 aromatic rings. The van der Waals surface area contributed by atoms with E-state index in [0.29, 0.717) is 31.8 Å². The van der Waals surface area contributed by atoms with Crippen molar-refractivity contribution in [3.05, 3.63) is 35.9 Å². The normalized spacial score (nSPS) is 19.3. The highest BCUT2D eigenvalue weighted by molar-refractivity contribution is 5.87. The minimum atomic E-state index is -0.643. The second-order valence-electron chi connectivity index (χ2n) is 9.23. The van der Waals surface area contributed by atoms with E-state index in [0.717, 1.165) is 12.0 Å². The van der Waals surface area contributed by atoms with Crippen LogP contribution in [0.1, 0.15) is 53.0 Å². The Hall–Kier alpha value is -2.08. The van der Waals surface area contributed by atoms with Gasteiger partial charge in [-0.2, -0.15) is 0 Å². The van der Waals surface area contributed by atoms with Crippen molar-refractivity contribution >= 4 is 12.0 Å². The summed E-state index contributed by atoms with van der Waals surface area (Å²) in [6, 6.07) is 8.85. The third-order valence-electron chi connectivity index (χ3n) is 5.04. The molecule has 1 saturated heterocycles. The van der Waals surface area contributed by atoms with Gasteiger partial charge in [0.2, 0.25) is 5.91 Å². The number of aliphatic hydroxyl groups is 1. The van der Waals surface area contributed by atoms with Crippen molar-refractivity contribution in [2.75, 3.05) is 19.7 Å². The Morgan fingerprint density at radius 3 is 2.41 bits per heavy atom. The van der Waals surface area contributed by atoms with Gasteiger partial charge in [0, 0.05) is 19.5 Å². The van der Waals surface area contributed by atoms with Crippen molar-refractivity contribution in [2.24, 2.45) is 5.92 Å². The summed E-state index contributed by atoms with van der Waals surface area (Å²) in [5.74, 6) is 0.245. The van der Waals surface area contributed by atoms with Crippen LogP contribution in [0.3, 0.4) is 0 Å². The number of carbonyl (C=O) groups is 2. The zero-order valence-electron chi connectivity index (χ0n) is 18.4. The fourth-order valence-corrected chi connectivity index (χ4v) is 3.78. The number of nitrogens with zero attached hydrogens (tertiary/aromatic N) is 2. The second-order valence-corrected chi connectivity index (χ2v) is 9.23. The van der Waals surface area contributed by atoms with Gasteiger partial charge in [-0.3, -0.25) is 9.69 Å². The molecule has 0 aliphatic carbocycles. The van der Waals surface area contributed by atoms with E-state index < -0.39 is 17.7 Å². The highest BCUT2D eigenvalue weighted by atomic mass is 16.6. The standard InChI is InChI=1S/C23H36N2O4/c1-17(2)14-19(16-26)24-12-9-13-25(22(28)29-23(3,4)5)20(21(24)27)15-18-10-7-6-8-11-18/h6-8,10-11,17,19-20,26H,9,12-16H2,1-5H3/t19-,20-/m0/s1. The average Bonchev–Trinajstić information content (AvgIpc) is 2.79. The molecule has 1 heterocycles. The summed E-state index contributed by atoms with van der Waals surface area (Å²) in [6.45, 7) is 10.6. The maximum Gasteiger partial charge on any atom is 0.410 e. The molecular formula is C23H36N2O4. The van der Waals surface area contributed by atoms with E-state index in [1.165, 1.54) is 0 Å². The van der Waals surface area contributed by atoms with Gasteiger partial charge in [0.15, 0.2) is 0 Å². The summed E-state index contributed by atoms with van der Waals surface area (Å²) in [7, 11) is 0. The first-order chi connectivity index (χ1) is 13.6. The van der Waals surface area contributed by atoms with Crippen LogP contribution in [0.2, 0.25) is 0 Å². The molecule has 29 heavy (non-hydrogen) atoms. The topological polar surface area (TPSA) is 70.1 Å². The van der Waals surface area contributed by atoms with E-state index in [1.807, 2.05) is 51.1 Å². The van der Waals surface area contributed by atoms with E-state index in [4.69, 9.17) is 4.74 Å². The quantitative estimate of drug-likeness (QED) is 0.788. The van der Waals surface area contributed by atoms with Gasteiger partial charge in [-0.1, -0.05) is 44.2 Å². The number of hydrogen-bond donors (Lipinski definition) is 1. The van der Waals surface area contributed by atoms with Crippen LogP contribution in [-0.4, -0.2) is 64.3 Å². The van der Waals surface area contributed by atoms with Gasteiger partial charge in [0.05, 0.1) is 12.6 Å². The minimum Gasteiger partial charge on any atom is -0.444 e. The van der Waals surface area contributed by atoms with Crippen molar-refractivity contribution < 1.29 is 19.4 Å². The first-order valence-electron chi connectivity index (χ1n) is 10.6. The number of hydrogen-bond acceptors (Lipinski definition) is 4. The van der Waals surface area contributed by atoms with Crippen molar-refractivity contribution in [3.63, 3.8) is 0 Å². The molecule has 2 rings (SSSR count). The SMILES string of the molecule is CC(C)C[C@@H](CO)N1CCCN(C(=O)OC(C)(C)C)[C@@H](Cc2ccccc2)C1=O. The molecule has 0 aromatic heterocycles. The Morgan fingerprint density at radius 2 is 1.86 bits per heavy atom. The molecule has 1 aromatic carbocycles. The van der Waals surface area contributed by atoms with Crippen LogP contribution in [-0.2, 0) is 16.0 Å². The molecule has 0 spiro atoms. The number of rotatable bonds is 6. The molecule has 2 atom stereocenters.